The lowest BCUT2D eigenvalue weighted by Gasteiger charge is -2.22. The summed E-state index contributed by atoms with van der Waals surface area (Å²) < 4.78 is 101. The molecule has 2 rings (SSSR count). The molecule has 0 radical (unpaired) electrons. The molecule has 22 heavy (non-hydrogen) atoms. The van der Waals surface area contributed by atoms with Gasteiger partial charge < -0.3 is 0 Å². The Bertz CT molecular complexity index is 608. The Morgan fingerprint density at radius 3 is 1.86 bits per heavy atom. The number of rotatable bonds is 2. The monoisotopic (exact) mass is 349 g/mol. The average Bonchev–Trinajstić information content (AvgIpc) is 2.85. The van der Waals surface area contributed by atoms with Crippen LogP contribution in [0.4, 0.5) is 26.3 Å². The molecule has 1 aromatic rings. The van der Waals surface area contributed by atoms with E-state index < -0.39 is 52.3 Å². The van der Waals surface area contributed by atoms with Crippen LogP contribution in [0.15, 0.2) is 23.6 Å². The molecule has 1 aliphatic rings. The van der Waals surface area contributed by atoms with Crippen molar-refractivity contribution in [2.24, 2.45) is 11.8 Å². The van der Waals surface area contributed by atoms with E-state index >= 15 is 0 Å². The predicted octanol–water partition coefficient (Wildman–Crippen LogP) is 1.84. The molecule has 2 heterocycles. The van der Waals surface area contributed by atoms with Gasteiger partial charge >= 0.3 is 12.4 Å². The second kappa shape index (κ2) is 5.33. The van der Waals surface area contributed by atoms with Crippen molar-refractivity contribution in [1.29, 1.82) is 0 Å². The van der Waals surface area contributed by atoms with Gasteiger partial charge in [0.15, 0.2) is 5.03 Å². The van der Waals surface area contributed by atoms with Crippen molar-refractivity contribution in [3.05, 3.63) is 18.6 Å². The fourth-order valence-corrected chi connectivity index (χ4v) is 3.54. The highest BCUT2D eigenvalue weighted by atomic mass is 32.2. The first-order valence-electron chi connectivity index (χ1n) is 5.83. The molecular formula is C10H9F6N3O2S. The van der Waals surface area contributed by atoms with E-state index in [0.717, 1.165) is 18.6 Å². The van der Waals surface area contributed by atoms with Crippen LogP contribution in [0.3, 0.4) is 0 Å². The zero-order chi connectivity index (χ0) is 16.8. The molecule has 12 heteroatoms. The second-order valence-corrected chi connectivity index (χ2v) is 6.55. The predicted molar refractivity (Wildman–Crippen MR) is 59.9 cm³/mol. The summed E-state index contributed by atoms with van der Waals surface area (Å²) >= 11 is 0. The Morgan fingerprint density at radius 2 is 1.50 bits per heavy atom. The molecule has 1 fully saturated rings. The van der Waals surface area contributed by atoms with Gasteiger partial charge in [-0.3, -0.25) is 4.98 Å². The summed E-state index contributed by atoms with van der Waals surface area (Å²) in [5.74, 6) is -5.61. The number of halogens is 6. The second-order valence-electron chi connectivity index (χ2n) is 4.66. The van der Waals surface area contributed by atoms with E-state index in [1.54, 1.807) is 0 Å². The number of alkyl halides is 6. The fourth-order valence-electron chi connectivity index (χ4n) is 2.18. The highest BCUT2D eigenvalue weighted by molar-refractivity contribution is 7.89. The molecule has 1 saturated heterocycles. The Hall–Kier alpha value is -1.43. The number of hydrogen-bond donors (Lipinski definition) is 0. The standard InChI is InChI=1S/C10H9F6N3O2S/c11-9(12,13)6-4-19(5-7(6)10(14,15)16)22(20,21)8-3-17-1-2-18-8/h1-3,6-7H,4-5H2/t6-,7+. The topological polar surface area (TPSA) is 63.2 Å². The zero-order valence-electron chi connectivity index (χ0n) is 10.6. The minimum atomic E-state index is -5.16. The van der Waals surface area contributed by atoms with Crippen LogP contribution >= 0.6 is 0 Å². The minimum Gasteiger partial charge on any atom is -0.260 e. The third-order valence-corrected chi connectivity index (χ3v) is 4.99. The Labute approximate surface area is 121 Å². The first-order valence-corrected chi connectivity index (χ1v) is 7.27. The van der Waals surface area contributed by atoms with E-state index in [4.69, 9.17) is 0 Å². The van der Waals surface area contributed by atoms with Gasteiger partial charge in [0.05, 0.1) is 18.0 Å². The molecule has 5 nitrogen and oxygen atoms in total. The summed E-state index contributed by atoms with van der Waals surface area (Å²) in [6, 6.07) is 0. The minimum absolute atomic E-state index is 0.146. The number of hydrogen-bond acceptors (Lipinski definition) is 4. The lowest BCUT2D eigenvalue weighted by Crippen LogP contribution is -2.37. The molecule has 0 aliphatic carbocycles. The van der Waals surface area contributed by atoms with Crippen LogP contribution in [0.2, 0.25) is 0 Å². The van der Waals surface area contributed by atoms with E-state index in [9.17, 15) is 34.8 Å². The zero-order valence-corrected chi connectivity index (χ0v) is 11.5. The van der Waals surface area contributed by atoms with Gasteiger partial charge in [0.2, 0.25) is 0 Å². The average molecular weight is 349 g/mol. The molecule has 0 spiro atoms. The molecular weight excluding hydrogens is 340 g/mol. The van der Waals surface area contributed by atoms with Crippen molar-refractivity contribution in [2.75, 3.05) is 13.1 Å². The van der Waals surface area contributed by atoms with Gasteiger partial charge in [0, 0.05) is 25.5 Å². The molecule has 124 valence electrons. The maximum absolute atomic E-state index is 12.8. The summed E-state index contributed by atoms with van der Waals surface area (Å²) in [7, 11) is -4.57. The van der Waals surface area contributed by atoms with Gasteiger partial charge in [0.1, 0.15) is 0 Å². The summed E-state index contributed by atoms with van der Waals surface area (Å²) in [6.45, 7) is -2.60. The van der Waals surface area contributed by atoms with Gasteiger partial charge in [-0.15, -0.1) is 0 Å². The highest BCUT2D eigenvalue weighted by Crippen LogP contribution is 2.46. The van der Waals surface area contributed by atoms with Crippen LogP contribution in [0.5, 0.6) is 0 Å². The molecule has 1 aromatic heterocycles. The summed E-state index contributed by atoms with van der Waals surface area (Å²) in [4.78, 5) is 6.86. The number of aromatic nitrogens is 2. The van der Waals surface area contributed by atoms with Gasteiger partial charge in [-0.2, -0.15) is 30.6 Å². The van der Waals surface area contributed by atoms with Gasteiger partial charge in [-0.05, 0) is 0 Å². The number of sulfonamides is 1. The van der Waals surface area contributed by atoms with Crippen molar-refractivity contribution in [2.45, 2.75) is 17.4 Å². The van der Waals surface area contributed by atoms with Crippen molar-refractivity contribution in [3.63, 3.8) is 0 Å². The van der Waals surface area contributed by atoms with Crippen LogP contribution in [0.25, 0.3) is 0 Å². The Balaban J connectivity index is 2.36. The largest absolute Gasteiger partial charge is 0.393 e. The molecule has 0 unspecified atom stereocenters. The highest BCUT2D eigenvalue weighted by Gasteiger charge is 2.61. The third-order valence-electron chi connectivity index (χ3n) is 3.27. The summed E-state index contributed by atoms with van der Waals surface area (Å²) in [5.41, 5.74) is 0. The summed E-state index contributed by atoms with van der Waals surface area (Å²) in [5, 5.41) is -0.696. The van der Waals surface area contributed by atoms with Crippen molar-refractivity contribution in [3.8, 4) is 0 Å². The third kappa shape index (κ3) is 3.16. The van der Waals surface area contributed by atoms with Crippen LogP contribution in [0.1, 0.15) is 0 Å². The Kier molecular flexibility index (Phi) is 4.11. The lowest BCUT2D eigenvalue weighted by atomic mass is 9.95. The first kappa shape index (κ1) is 16.9. The molecule has 2 atom stereocenters. The van der Waals surface area contributed by atoms with E-state index in [1.165, 1.54) is 0 Å². The van der Waals surface area contributed by atoms with Crippen molar-refractivity contribution in [1.82, 2.24) is 14.3 Å². The van der Waals surface area contributed by atoms with Gasteiger partial charge in [-0.1, -0.05) is 0 Å². The molecule has 0 bridgehead atoms. The normalized spacial score (nSPS) is 24.6. The van der Waals surface area contributed by atoms with E-state index in [-0.39, 0.29) is 4.31 Å². The van der Waals surface area contributed by atoms with Crippen LogP contribution in [0, 0.1) is 11.8 Å². The first-order chi connectivity index (χ1) is 9.94. The lowest BCUT2D eigenvalue weighted by molar-refractivity contribution is -0.239. The Morgan fingerprint density at radius 1 is 1.00 bits per heavy atom. The van der Waals surface area contributed by atoms with Crippen LogP contribution in [-0.2, 0) is 10.0 Å². The van der Waals surface area contributed by atoms with E-state index in [1.807, 2.05) is 0 Å². The molecule has 0 saturated carbocycles. The van der Waals surface area contributed by atoms with Gasteiger partial charge in [0.25, 0.3) is 10.0 Å². The van der Waals surface area contributed by atoms with E-state index in [0.29, 0.717) is 0 Å². The summed E-state index contributed by atoms with van der Waals surface area (Å²) in [6.07, 6.45) is -7.45. The smallest absolute Gasteiger partial charge is 0.260 e. The van der Waals surface area contributed by atoms with Crippen molar-refractivity contribution >= 4 is 10.0 Å². The van der Waals surface area contributed by atoms with Crippen LogP contribution < -0.4 is 0 Å². The molecule has 0 N–H and O–H groups in total. The molecule has 0 amide bonds. The molecule has 1 aliphatic heterocycles. The van der Waals surface area contributed by atoms with Gasteiger partial charge in [-0.25, -0.2) is 13.4 Å². The SMILES string of the molecule is O=S(=O)(c1cnccn1)N1C[C@@H](C(F)(F)F)[C@@H](C(F)(F)F)C1. The van der Waals surface area contributed by atoms with E-state index in [2.05, 4.69) is 9.97 Å². The van der Waals surface area contributed by atoms with Crippen molar-refractivity contribution < 1.29 is 34.8 Å². The fraction of sp³-hybridized carbons (Fsp3) is 0.600. The quantitative estimate of drug-likeness (QED) is 0.765. The number of nitrogens with zero attached hydrogens (tertiary/aromatic N) is 3. The molecule has 0 aromatic carbocycles. The maximum atomic E-state index is 12.8. The maximum Gasteiger partial charge on any atom is 0.393 e. The van der Waals surface area contributed by atoms with Crippen LogP contribution in [-0.4, -0.2) is 48.1 Å².